The lowest BCUT2D eigenvalue weighted by Crippen LogP contribution is -2.46. The third-order valence-corrected chi connectivity index (χ3v) is 4.23. The summed E-state index contributed by atoms with van der Waals surface area (Å²) in [5, 5.41) is 10.7. The van der Waals surface area contributed by atoms with Gasteiger partial charge in [-0.25, -0.2) is 4.39 Å². The first-order valence-corrected chi connectivity index (χ1v) is 7.19. The summed E-state index contributed by atoms with van der Waals surface area (Å²) in [6, 6.07) is 6.38. The average Bonchev–Trinajstić information content (AvgIpc) is 2.80. The molecule has 112 valence electrons. The number of halogens is 1. The van der Waals surface area contributed by atoms with Gasteiger partial charge in [-0.3, -0.25) is 4.79 Å². The molecule has 21 heavy (non-hydrogen) atoms. The first kappa shape index (κ1) is 14.1. The van der Waals surface area contributed by atoms with Crippen LogP contribution in [0.15, 0.2) is 30.5 Å². The van der Waals surface area contributed by atoms with Gasteiger partial charge in [0.2, 0.25) is 5.91 Å². The van der Waals surface area contributed by atoms with Crippen LogP contribution in [-0.2, 0) is 11.3 Å². The van der Waals surface area contributed by atoms with E-state index in [0.717, 1.165) is 10.9 Å². The zero-order valence-corrected chi connectivity index (χ0v) is 12.1. The van der Waals surface area contributed by atoms with Crippen LogP contribution in [0.25, 0.3) is 10.9 Å². The number of carbonyl (C=O) groups is 1. The summed E-state index contributed by atoms with van der Waals surface area (Å²) in [7, 11) is 0. The maximum Gasteiger partial charge on any atom is 0.242 e. The number of fused-ring (bicyclic) bond motifs is 1. The Labute approximate surface area is 122 Å². The Kier molecular flexibility index (Phi) is 3.45. The topological polar surface area (TPSA) is 45.5 Å². The van der Waals surface area contributed by atoms with Crippen LogP contribution < -0.4 is 0 Å². The van der Waals surface area contributed by atoms with Crippen LogP contribution in [0.2, 0.25) is 0 Å². The summed E-state index contributed by atoms with van der Waals surface area (Å²) in [4.78, 5) is 14.1. The Morgan fingerprint density at radius 2 is 2.05 bits per heavy atom. The lowest BCUT2D eigenvalue weighted by molar-refractivity contribution is -0.135. The van der Waals surface area contributed by atoms with Crippen molar-refractivity contribution in [2.45, 2.75) is 31.9 Å². The Hall–Kier alpha value is -1.88. The van der Waals surface area contributed by atoms with Crippen molar-refractivity contribution in [1.29, 1.82) is 0 Å². The predicted octanol–water partition coefficient (Wildman–Crippen LogP) is 2.15. The van der Waals surface area contributed by atoms with Gasteiger partial charge in [0, 0.05) is 30.2 Å². The summed E-state index contributed by atoms with van der Waals surface area (Å²) >= 11 is 0. The van der Waals surface area contributed by atoms with Crippen molar-refractivity contribution in [2.75, 3.05) is 13.1 Å². The van der Waals surface area contributed by atoms with Gasteiger partial charge in [-0.15, -0.1) is 0 Å². The molecule has 0 radical (unpaired) electrons. The van der Waals surface area contributed by atoms with E-state index in [1.807, 2.05) is 23.8 Å². The Morgan fingerprint density at radius 1 is 1.33 bits per heavy atom. The molecule has 1 N–H and O–H groups in total. The number of hydrogen-bond donors (Lipinski definition) is 1. The van der Waals surface area contributed by atoms with E-state index in [-0.39, 0.29) is 18.3 Å². The summed E-state index contributed by atoms with van der Waals surface area (Å²) in [6.07, 6.45) is 3.02. The Bertz CT molecular complexity index is 668. The van der Waals surface area contributed by atoms with Gasteiger partial charge < -0.3 is 14.6 Å². The number of carbonyl (C=O) groups excluding carboxylic acids is 1. The summed E-state index contributed by atoms with van der Waals surface area (Å²) in [5.74, 6) is -0.239. The molecule has 0 saturated carbocycles. The molecule has 0 atom stereocenters. The second kappa shape index (κ2) is 5.15. The van der Waals surface area contributed by atoms with Crippen LogP contribution in [0.1, 0.15) is 19.8 Å². The van der Waals surface area contributed by atoms with E-state index in [4.69, 9.17) is 0 Å². The van der Waals surface area contributed by atoms with Gasteiger partial charge in [-0.2, -0.15) is 0 Å². The molecule has 0 bridgehead atoms. The molecule has 0 aliphatic carbocycles. The molecule has 2 aromatic rings. The molecule has 0 unspecified atom stereocenters. The van der Waals surface area contributed by atoms with Crippen molar-refractivity contribution < 1.29 is 14.3 Å². The molecule has 4 nitrogen and oxygen atoms in total. The number of rotatable bonds is 2. The minimum atomic E-state index is -0.658. The quantitative estimate of drug-likeness (QED) is 0.921. The van der Waals surface area contributed by atoms with Gasteiger partial charge in [0.1, 0.15) is 12.4 Å². The second-order valence-electron chi connectivity index (χ2n) is 6.02. The zero-order chi connectivity index (χ0) is 15.0. The molecular weight excluding hydrogens is 271 g/mol. The van der Waals surface area contributed by atoms with E-state index in [2.05, 4.69) is 0 Å². The Balaban J connectivity index is 1.72. The highest BCUT2D eigenvalue weighted by Gasteiger charge is 2.29. The van der Waals surface area contributed by atoms with Crippen LogP contribution >= 0.6 is 0 Å². The molecule has 1 fully saturated rings. The van der Waals surface area contributed by atoms with Gasteiger partial charge in [0.25, 0.3) is 0 Å². The van der Waals surface area contributed by atoms with E-state index < -0.39 is 5.60 Å². The number of piperidine rings is 1. The number of benzene rings is 1. The van der Waals surface area contributed by atoms with Crippen LogP contribution in [0.3, 0.4) is 0 Å². The monoisotopic (exact) mass is 290 g/mol. The summed E-state index contributed by atoms with van der Waals surface area (Å²) in [6.45, 7) is 3.22. The third-order valence-electron chi connectivity index (χ3n) is 4.23. The lowest BCUT2D eigenvalue weighted by atomic mass is 9.94. The summed E-state index contributed by atoms with van der Waals surface area (Å²) in [5.41, 5.74) is 0.197. The van der Waals surface area contributed by atoms with Crippen molar-refractivity contribution in [3.05, 3.63) is 36.3 Å². The first-order valence-electron chi connectivity index (χ1n) is 7.19. The molecule has 1 aliphatic rings. The van der Waals surface area contributed by atoms with Gasteiger partial charge in [0.15, 0.2) is 0 Å². The SMILES string of the molecule is CC1(O)CCN(C(=O)Cn2ccc3cc(F)ccc32)CC1. The smallest absolute Gasteiger partial charge is 0.242 e. The maximum atomic E-state index is 13.2. The first-order chi connectivity index (χ1) is 9.94. The largest absolute Gasteiger partial charge is 0.390 e. The van der Waals surface area contributed by atoms with Crippen LogP contribution in [0, 0.1) is 5.82 Å². The number of likely N-dealkylation sites (tertiary alicyclic amines) is 1. The fourth-order valence-corrected chi connectivity index (χ4v) is 2.79. The number of hydrogen-bond acceptors (Lipinski definition) is 2. The average molecular weight is 290 g/mol. The van der Waals surface area contributed by atoms with Crippen LogP contribution in [0.5, 0.6) is 0 Å². The molecule has 1 aromatic carbocycles. The zero-order valence-electron chi connectivity index (χ0n) is 12.1. The summed E-state index contributed by atoms with van der Waals surface area (Å²) < 4.78 is 15.0. The highest BCUT2D eigenvalue weighted by atomic mass is 19.1. The van der Waals surface area contributed by atoms with Gasteiger partial charge >= 0.3 is 0 Å². The number of amides is 1. The molecule has 1 aliphatic heterocycles. The molecule has 5 heteroatoms. The molecule has 2 heterocycles. The molecule has 1 saturated heterocycles. The number of aromatic nitrogens is 1. The van der Waals surface area contributed by atoms with Crippen molar-refractivity contribution in [3.8, 4) is 0 Å². The molecule has 1 aromatic heterocycles. The van der Waals surface area contributed by atoms with Crippen molar-refractivity contribution in [1.82, 2.24) is 9.47 Å². The van der Waals surface area contributed by atoms with Gasteiger partial charge in [-0.1, -0.05) is 0 Å². The third kappa shape index (κ3) is 2.93. The van der Waals surface area contributed by atoms with Gasteiger partial charge in [0.05, 0.1) is 5.60 Å². The Morgan fingerprint density at radius 3 is 2.76 bits per heavy atom. The van der Waals surface area contributed by atoms with Crippen LogP contribution in [-0.4, -0.2) is 39.2 Å². The molecule has 1 amide bonds. The van der Waals surface area contributed by atoms with E-state index in [0.29, 0.717) is 25.9 Å². The minimum absolute atomic E-state index is 0.0346. The van der Waals surface area contributed by atoms with E-state index in [1.165, 1.54) is 12.1 Å². The predicted molar refractivity (Wildman–Crippen MR) is 78.3 cm³/mol. The highest BCUT2D eigenvalue weighted by molar-refractivity contribution is 5.83. The molecule has 3 rings (SSSR count). The standard InChI is InChI=1S/C16H19FN2O2/c1-16(21)5-8-18(9-6-16)15(20)11-19-7-4-12-10-13(17)2-3-14(12)19/h2-4,7,10,21H,5-6,8-9,11H2,1H3. The van der Waals surface area contributed by atoms with Gasteiger partial charge in [-0.05, 0) is 44.0 Å². The van der Waals surface area contributed by atoms with Crippen molar-refractivity contribution in [2.24, 2.45) is 0 Å². The van der Waals surface area contributed by atoms with Crippen molar-refractivity contribution in [3.63, 3.8) is 0 Å². The number of aliphatic hydroxyl groups is 1. The minimum Gasteiger partial charge on any atom is -0.390 e. The van der Waals surface area contributed by atoms with Crippen LogP contribution in [0.4, 0.5) is 4.39 Å². The highest BCUT2D eigenvalue weighted by Crippen LogP contribution is 2.22. The normalized spacial score (nSPS) is 18.1. The lowest BCUT2D eigenvalue weighted by Gasteiger charge is -2.35. The molecular formula is C16H19FN2O2. The second-order valence-corrected chi connectivity index (χ2v) is 6.02. The van der Waals surface area contributed by atoms with E-state index in [1.54, 1.807) is 11.0 Å². The number of nitrogens with zero attached hydrogens (tertiary/aromatic N) is 2. The fourth-order valence-electron chi connectivity index (χ4n) is 2.79. The van der Waals surface area contributed by atoms with Crippen molar-refractivity contribution >= 4 is 16.8 Å². The molecule has 0 spiro atoms. The maximum absolute atomic E-state index is 13.2. The van der Waals surface area contributed by atoms with E-state index >= 15 is 0 Å². The van der Waals surface area contributed by atoms with E-state index in [9.17, 15) is 14.3 Å². The fraction of sp³-hybridized carbons (Fsp3) is 0.438.